The fraction of sp³-hybridized carbons (Fsp3) is 0.409. The lowest BCUT2D eigenvalue weighted by atomic mass is 10.2. The van der Waals surface area contributed by atoms with Crippen LogP contribution in [0.2, 0.25) is 0 Å². The predicted molar refractivity (Wildman–Crippen MR) is 122 cm³/mol. The van der Waals surface area contributed by atoms with Gasteiger partial charge in [0.2, 0.25) is 0 Å². The Kier molecular flexibility index (Phi) is 7.39. The molecule has 1 saturated heterocycles. The van der Waals surface area contributed by atoms with Gasteiger partial charge in [-0.2, -0.15) is 0 Å². The first-order valence-electron chi connectivity index (χ1n) is 10.6. The maximum absolute atomic E-state index is 12.8. The first-order chi connectivity index (χ1) is 15.2. The van der Waals surface area contributed by atoms with Crippen molar-refractivity contribution in [2.75, 3.05) is 61.9 Å². The Bertz CT molecular complexity index is 920. The highest BCUT2D eigenvalue weighted by Gasteiger charge is 2.23. The van der Waals surface area contributed by atoms with Crippen LogP contribution in [0.4, 0.5) is 16.2 Å². The lowest BCUT2D eigenvalue weighted by molar-refractivity contribution is 0.0374. The number of carbonyl (C=O) groups excluding carboxylic acids is 2. The number of fused-ring (bicyclic) bond motifs is 1. The van der Waals surface area contributed by atoms with Crippen molar-refractivity contribution in [3.8, 4) is 0 Å². The fourth-order valence-corrected chi connectivity index (χ4v) is 4.55. The summed E-state index contributed by atoms with van der Waals surface area (Å²) < 4.78 is 5.35. The summed E-state index contributed by atoms with van der Waals surface area (Å²) in [5, 5.41) is 6.73. The highest BCUT2D eigenvalue weighted by molar-refractivity contribution is 7.99. The number of hydrogen-bond donors (Lipinski definition) is 2. The van der Waals surface area contributed by atoms with Crippen molar-refractivity contribution in [3.63, 3.8) is 0 Å². The Morgan fingerprint density at radius 3 is 2.87 bits per heavy atom. The number of hydrogen-bond acceptors (Lipinski definition) is 6. The minimum atomic E-state index is -0.224. The van der Waals surface area contributed by atoms with Crippen molar-refractivity contribution < 1.29 is 14.3 Å². The molecule has 0 radical (unpaired) electrons. The zero-order chi connectivity index (χ0) is 21.5. The first-order valence-corrected chi connectivity index (χ1v) is 11.5. The van der Waals surface area contributed by atoms with Crippen LogP contribution >= 0.6 is 11.8 Å². The fourth-order valence-electron chi connectivity index (χ4n) is 3.62. The van der Waals surface area contributed by atoms with Crippen LogP contribution in [0.1, 0.15) is 16.8 Å². The molecule has 4 rings (SSSR count). The quantitative estimate of drug-likeness (QED) is 0.671. The molecule has 2 aromatic rings. The molecule has 1 aromatic heterocycles. The van der Waals surface area contributed by atoms with Gasteiger partial charge in [0.1, 0.15) is 5.03 Å². The second-order valence-corrected chi connectivity index (χ2v) is 8.49. The van der Waals surface area contributed by atoms with Gasteiger partial charge in [-0.15, -0.1) is 11.8 Å². The topological polar surface area (TPSA) is 86.8 Å². The van der Waals surface area contributed by atoms with Crippen molar-refractivity contribution in [1.29, 1.82) is 0 Å². The van der Waals surface area contributed by atoms with Crippen molar-refractivity contribution in [3.05, 3.63) is 48.2 Å². The third-order valence-corrected chi connectivity index (χ3v) is 6.23. The monoisotopic (exact) mass is 441 g/mol. The Balaban J connectivity index is 1.30. The van der Waals surface area contributed by atoms with Crippen LogP contribution < -0.4 is 15.5 Å². The Hall–Kier alpha value is -2.62. The van der Waals surface area contributed by atoms with Crippen LogP contribution in [-0.2, 0) is 4.74 Å². The van der Waals surface area contributed by atoms with Crippen LogP contribution in [0.3, 0.4) is 0 Å². The third kappa shape index (κ3) is 5.75. The molecule has 1 aromatic carbocycles. The second kappa shape index (κ2) is 10.6. The van der Waals surface area contributed by atoms with Gasteiger partial charge in [-0.25, -0.2) is 9.78 Å². The van der Waals surface area contributed by atoms with Crippen LogP contribution in [0, 0.1) is 0 Å². The SMILES string of the molecule is O=C(NCCCN1CCOCC1)c1cccc(NC(=O)N2CCSc3ncccc32)c1. The molecular weight excluding hydrogens is 414 g/mol. The average Bonchev–Trinajstić information content (AvgIpc) is 2.82. The van der Waals surface area contributed by atoms with Crippen molar-refractivity contribution >= 4 is 35.1 Å². The van der Waals surface area contributed by atoms with E-state index < -0.39 is 0 Å². The number of nitrogens with zero attached hydrogens (tertiary/aromatic N) is 3. The van der Waals surface area contributed by atoms with Crippen LogP contribution in [0.5, 0.6) is 0 Å². The number of anilines is 2. The summed E-state index contributed by atoms with van der Waals surface area (Å²) in [6, 6.07) is 10.5. The van der Waals surface area contributed by atoms with Gasteiger partial charge in [-0.3, -0.25) is 14.6 Å². The van der Waals surface area contributed by atoms with E-state index in [0.717, 1.165) is 55.7 Å². The lowest BCUT2D eigenvalue weighted by Gasteiger charge is -2.28. The number of aromatic nitrogens is 1. The summed E-state index contributed by atoms with van der Waals surface area (Å²) in [7, 11) is 0. The van der Waals surface area contributed by atoms with Crippen molar-refractivity contribution in [2.24, 2.45) is 0 Å². The molecular formula is C22H27N5O3S. The minimum Gasteiger partial charge on any atom is -0.379 e. The van der Waals surface area contributed by atoms with E-state index in [4.69, 9.17) is 4.74 Å². The molecule has 2 N–H and O–H groups in total. The molecule has 0 aliphatic carbocycles. The van der Waals surface area contributed by atoms with E-state index in [1.54, 1.807) is 47.1 Å². The molecule has 8 nitrogen and oxygen atoms in total. The number of ether oxygens (including phenoxy) is 1. The second-order valence-electron chi connectivity index (χ2n) is 7.40. The van der Waals surface area contributed by atoms with Gasteiger partial charge < -0.3 is 15.4 Å². The third-order valence-electron chi connectivity index (χ3n) is 5.26. The average molecular weight is 442 g/mol. The molecule has 0 bridgehead atoms. The Morgan fingerprint density at radius 1 is 1.13 bits per heavy atom. The zero-order valence-electron chi connectivity index (χ0n) is 17.4. The number of thioether (sulfide) groups is 1. The van der Waals surface area contributed by atoms with Crippen molar-refractivity contribution in [1.82, 2.24) is 15.2 Å². The molecule has 31 heavy (non-hydrogen) atoms. The molecule has 0 spiro atoms. The number of morpholine rings is 1. The number of benzene rings is 1. The van der Waals surface area contributed by atoms with Crippen molar-refractivity contribution in [2.45, 2.75) is 11.4 Å². The van der Waals surface area contributed by atoms with E-state index in [2.05, 4.69) is 20.5 Å². The van der Waals surface area contributed by atoms with Gasteiger partial charge in [-0.1, -0.05) is 6.07 Å². The van der Waals surface area contributed by atoms with Gasteiger partial charge >= 0.3 is 6.03 Å². The predicted octanol–water partition coefficient (Wildman–Crippen LogP) is 2.68. The standard InChI is InChI=1S/C22H27N5O3S/c28-20(23-8-3-9-26-10-13-30-14-11-26)17-4-1-5-18(16-17)25-22(29)27-12-15-31-21-19(27)6-2-7-24-21/h1-2,4-7,16H,3,8-15H2,(H,23,28)(H,25,29). The van der Waals surface area contributed by atoms with E-state index >= 15 is 0 Å². The summed E-state index contributed by atoms with van der Waals surface area (Å²) in [4.78, 5) is 33.7. The van der Waals surface area contributed by atoms with E-state index in [1.807, 2.05) is 12.1 Å². The van der Waals surface area contributed by atoms with E-state index in [0.29, 0.717) is 24.3 Å². The summed E-state index contributed by atoms with van der Waals surface area (Å²) in [5.74, 6) is 0.659. The number of pyridine rings is 1. The smallest absolute Gasteiger partial charge is 0.326 e. The number of amides is 3. The number of urea groups is 1. The Morgan fingerprint density at radius 2 is 2.00 bits per heavy atom. The molecule has 1 fully saturated rings. The largest absolute Gasteiger partial charge is 0.379 e. The maximum Gasteiger partial charge on any atom is 0.326 e. The summed E-state index contributed by atoms with van der Waals surface area (Å²) in [6.07, 6.45) is 2.62. The van der Waals surface area contributed by atoms with E-state index in [9.17, 15) is 9.59 Å². The molecule has 0 unspecified atom stereocenters. The van der Waals surface area contributed by atoms with E-state index in [1.165, 1.54) is 0 Å². The Labute approximate surface area is 186 Å². The van der Waals surface area contributed by atoms with Crippen LogP contribution in [0.25, 0.3) is 0 Å². The number of rotatable bonds is 6. The van der Waals surface area contributed by atoms with Gasteiger partial charge in [0, 0.05) is 49.4 Å². The van der Waals surface area contributed by atoms with Gasteiger partial charge in [0.25, 0.3) is 5.91 Å². The van der Waals surface area contributed by atoms with Gasteiger partial charge in [0.05, 0.1) is 18.9 Å². The van der Waals surface area contributed by atoms with Crippen LogP contribution in [0.15, 0.2) is 47.6 Å². The molecule has 3 heterocycles. The highest BCUT2D eigenvalue weighted by Crippen LogP contribution is 2.32. The molecule has 0 saturated carbocycles. The maximum atomic E-state index is 12.8. The zero-order valence-corrected chi connectivity index (χ0v) is 18.2. The van der Waals surface area contributed by atoms with Gasteiger partial charge in [0.15, 0.2) is 0 Å². The first kappa shape index (κ1) is 21.6. The van der Waals surface area contributed by atoms with Gasteiger partial charge in [-0.05, 0) is 43.3 Å². The minimum absolute atomic E-state index is 0.137. The summed E-state index contributed by atoms with van der Waals surface area (Å²) in [6.45, 7) is 5.63. The molecule has 164 valence electrons. The van der Waals surface area contributed by atoms with Crippen LogP contribution in [-0.4, -0.2) is 73.5 Å². The number of nitrogens with one attached hydrogen (secondary N) is 2. The molecule has 2 aliphatic rings. The van der Waals surface area contributed by atoms with E-state index in [-0.39, 0.29) is 11.9 Å². The molecule has 0 atom stereocenters. The molecule has 3 amide bonds. The highest BCUT2D eigenvalue weighted by atomic mass is 32.2. The summed E-state index contributed by atoms with van der Waals surface area (Å²) >= 11 is 1.65. The summed E-state index contributed by atoms with van der Waals surface area (Å²) in [5.41, 5.74) is 1.93. The molecule has 9 heteroatoms. The lowest BCUT2D eigenvalue weighted by Crippen LogP contribution is -2.39. The molecule has 2 aliphatic heterocycles. The normalized spacial score (nSPS) is 16.5. The number of carbonyl (C=O) groups is 2.